The summed E-state index contributed by atoms with van der Waals surface area (Å²) in [5.74, 6) is 1.04. The number of piperidine rings is 1. The molecule has 0 aliphatic carbocycles. The standard InChI is InChI=1S/C14H23N3O/c1-3-18-12-6-9-17(10-7-12)14-13(11(2)15)5-4-8-16-14/h4-5,8,11-12H,3,6-7,9-10,15H2,1-2H3/t11-/m0/s1. The summed E-state index contributed by atoms with van der Waals surface area (Å²) in [5, 5.41) is 0. The molecule has 100 valence electrons. The molecule has 0 spiro atoms. The fourth-order valence-electron chi connectivity index (χ4n) is 2.50. The highest BCUT2D eigenvalue weighted by atomic mass is 16.5. The Morgan fingerprint density at radius 3 is 2.83 bits per heavy atom. The number of nitrogens with two attached hydrogens (primary N) is 1. The third kappa shape index (κ3) is 3.00. The minimum Gasteiger partial charge on any atom is -0.378 e. The lowest BCUT2D eigenvalue weighted by Gasteiger charge is -2.34. The molecule has 1 aliphatic heterocycles. The molecule has 0 radical (unpaired) electrons. The summed E-state index contributed by atoms with van der Waals surface area (Å²) in [6.07, 6.45) is 4.40. The minimum absolute atomic E-state index is 0.0262. The molecule has 2 N–H and O–H groups in total. The van der Waals surface area contributed by atoms with Crippen LogP contribution in [0, 0.1) is 0 Å². The van der Waals surface area contributed by atoms with Gasteiger partial charge < -0.3 is 15.4 Å². The smallest absolute Gasteiger partial charge is 0.133 e. The van der Waals surface area contributed by atoms with Crippen molar-refractivity contribution in [3.63, 3.8) is 0 Å². The molecule has 1 saturated heterocycles. The van der Waals surface area contributed by atoms with Gasteiger partial charge in [0.2, 0.25) is 0 Å². The molecule has 1 aromatic heterocycles. The topological polar surface area (TPSA) is 51.4 Å². The predicted octanol–water partition coefficient (Wildman–Crippen LogP) is 2.11. The van der Waals surface area contributed by atoms with E-state index in [-0.39, 0.29) is 6.04 Å². The van der Waals surface area contributed by atoms with Gasteiger partial charge in [-0.25, -0.2) is 4.98 Å². The van der Waals surface area contributed by atoms with Crippen molar-refractivity contribution in [1.29, 1.82) is 0 Å². The Hall–Kier alpha value is -1.13. The monoisotopic (exact) mass is 249 g/mol. The maximum absolute atomic E-state index is 6.00. The number of hydrogen-bond acceptors (Lipinski definition) is 4. The molecule has 0 aromatic carbocycles. The first kappa shape index (κ1) is 13.3. The van der Waals surface area contributed by atoms with E-state index in [1.807, 2.05) is 19.2 Å². The second-order valence-corrected chi connectivity index (χ2v) is 4.85. The highest BCUT2D eigenvalue weighted by Gasteiger charge is 2.22. The number of anilines is 1. The van der Waals surface area contributed by atoms with Crippen LogP contribution in [0.2, 0.25) is 0 Å². The van der Waals surface area contributed by atoms with Gasteiger partial charge in [-0.1, -0.05) is 6.07 Å². The lowest BCUT2D eigenvalue weighted by molar-refractivity contribution is 0.0458. The number of nitrogens with zero attached hydrogens (tertiary/aromatic N) is 2. The van der Waals surface area contributed by atoms with Crippen LogP contribution in [0.15, 0.2) is 18.3 Å². The molecule has 1 aliphatic rings. The first-order chi connectivity index (χ1) is 8.72. The molecule has 2 heterocycles. The maximum atomic E-state index is 6.00. The summed E-state index contributed by atoms with van der Waals surface area (Å²) in [7, 11) is 0. The Kier molecular flexibility index (Phi) is 4.55. The molecule has 1 fully saturated rings. The summed E-state index contributed by atoms with van der Waals surface area (Å²) in [5.41, 5.74) is 7.14. The van der Waals surface area contributed by atoms with Crippen LogP contribution in [0.3, 0.4) is 0 Å². The van der Waals surface area contributed by atoms with Crippen LogP contribution in [0.4, 0.5) is 5.82 Å². The highest BCUT2D eigenvalue weighted by Crippen LogP contribution is 2.25. The van der Waals surface area contributed by atoms with Gasteiger partial charge in [0.15, 0.2) is 0 Å². The van der Waals surface area contributed by atoms with Gasteiger partial charge in [-0.3, -0.25) is 0 Å². The Morgan fingerprint density at radius 2 is 2.22 bits per heavy atom. The Labute approximate surface area is 109 Å². The van der Waals surface area contributed by atoms with E-state index in [2.05, 4.69) is 22.9 Å². The molecule has 1 aromatic rings. The zero-order valence-electron chi connectivity index (χ0n) is 11.3. The third-order valence-electron chi connectivity index (χ3n) is 3.45. The second-order valence-electron chi connectivity index (χ2n) is 4.85. The van der Waals surface area contributed by atoms with Gasteiger partial charge in [0.25, 0.3) is 0 Å². The highest BCUT2D eigenvalue weighted by molar-refractivity contribution is 5.48. The van der Waals surface area contributed by atoms with E-state index in [4.69, 9.17) is 10.5 Å². The van der Waals surface area contributed by atoms with E-state index in [0.29, 0.717) is 6.10 Å². The average Bonchev–Trinajstić information content (AvgIpc) is 2.40. The van der Waals surface area contributed by atoms with E-state index >= 15 is 0 Å². The lowest BCUT2D eigenvalue weighted by Crippen LogP contribution is -2.38. The molecule has 18 heavy (non-hydrogen) atoms. The SMILES string of the molecule is CCOC1CCN(c2ncccc2[C@H](C)N)CC1. The van der Waals surface area contributed by atoms with Gasteiger partial charge >= 0.3 is 0 Å². The summed E-state index contributed by atoms with van der Waals surface area (Å²) in [4.78, 5) is 6.83. The molecule has 0 unspecified atom stereocenters. The number of pyridine rings is 1. The van der Waals surface area contributed by atoms with Crippen LogP contribution in [-0.2, 0) is 4.74 Å². The molecular formula is C14H23N3O. The van der Waals surface area contributed by atoms with Crippen LogP contribution >= 0.6 is 0 Å². The van der Waals surface area contributed by atoms with Gasteiger partial charge in [0, 0.05) is 37.5 Å². The van der Waals surface area contributed by atoms with Crippen molar-refractivity contribution in [3.8, 4) is 0 Å². The molecule has 4 nitrogen and oxygen atoms in total. The van der Waals surface area contributed by atoms with Crippen LogP contribution in [0.25, 0.3) is 0 Å². The van der Waals surface area contributed by atoms with Gasteiger partial charge in [0.05, 0.1) is 6.10 Å². The quantitative estimate of drug-likeness (QED) is 0.888. The van der Waals surface area contributed by atoms with E-state index in [9.17, 15) is 0 Å². The Morgan fingerprint density at radius 1 is 1.50 bits per heavy atom. The first-order valence-corrected chi connectivity index (χ1v) is 6.79. The minimum atomic E-state index is 0.0262. The van der Waals surface area contributed by atoms with Crippen molar-refractivity contribution in [2.24, 2.45) is 5.73 Å². The first-order valence-electron chi connectivity index (χ1n) is 6.79. The number of ether oxygens (including phenoxy) is 1. The summed E-state index contributed by atoms with van der Waals surface area (Å²) < 4.78 is 5.67. The predicted molar refractivity (Wildman–Crippen MR) is 73.7 cm³/mol. The van der Waals surface area contributed by atoms with E-state index < -0.39 is 0 Å². The van der Waals surface area contributed by atoms with Crippen LogP contribution in [0.5, 0.6) is 0 Å². The molecule has 0 saturated carbocycles. The number of hydrogen-bond donors (Lipinski definition) is 1. The van der Waals surface area contributed by atoms with E-state index in [1.165, 1.54) is 0 Å². The molecule has 4 heteroatoms. The second kappa shape index (κ2) is 6.16. The number of aromatic nitrogens is 1. The van der Waals surface area contributed by atoms with Crippen molar-refractivity contribution in [2.75, 3.05) is 24.6 Å². The summed E-state index contributed by atoms with van der Waals surface area (Å²) >= 11 is 0. The zero-order chi connectivity index (χ0) is 13.0. The summed E-state index contributed by atoms with van der Waals surface area (Å²) in [6.45, 7) is 6.87. The van der Waals surface area contributed by atoms with E-state index in [0.717, 1.165) is 43.9 Å². The van der Waals surface area contributed by atoms with Gasteiger partial charge in [-0.05, 0) is 32.8 Å². The lowest BCUT2D eigenvalue weighted by atomic mass is 10.1. The Balaban J connectivity index is 2.05. The Bertz CT molecular complexity index is 373. The normalized spacial score (nSPS) is 18.9. The van der Waals surface area contributed by atoms with Crippen molar-refractivity contribution in [1.82, 2.24) is 4.98 Å². The zero-order valence-corrected chi connectivity index (χ0v) is 11.3. The van der Waals surface area contributed by atoms with Gasteiger partial charge in [0.1, 0.15) is 5.82 Å². The van der Waals surface area contributed by atoms with Crippen LogP contribution in [0.1, 0.15) is 38.3 Å². The molecule has 0 bridgehead atoms. The third-order valence-corrected chi connectivity index (χ3v) is 3.45. The number of rotatable bonds is 4. The maximum Gasteiger partial charge on any atom is 0.133 e. The summed E-state index contributed by atoms with van der Waals surface area (Å²) in [6, 6.07) is 4.05. The van der Waals surface area contributed by atoms with E-state index in [1.54, 1.807) is 0 Å². The molecule has 0 amide bonds. The fraction of sp³-hybridized carbons (Fsp3) is 0.643. The molecule has 1 atom stereocenters. The van der Waals surface area contributed by atoms with Crippen LogP contribution < -0.4 is 10.6 Å². The van der Waals surface area contributed by atoms with Crippen molar-refractivity contribution >= 4 is 5.82 Å². The van der Waals surface area contributed by atoms with Gasteiger partial charge in [-0.2, -0.15) is 0 Å². The van der Waals surface area contributed by atoms with Crippen LogP contribution in [-0.4, -0.2) is 30.8 Å². The molecular weight excluding hydrogens is 226 g/mol. The van der Waals surface area contributed by atoms with Crippen molar-refractivity contribution < 1.29 is 4.74 Å². The fourth-order valence-corrected chi connectivity index (χ4v) is 2.50. The van der Waals surface area contributed by atoms with Crippen molar-refractivity contribution in [2.45, 2.75) is 38.8 Å². The largest absolute Gasteiger partial charge is 0.378 e. The van der Waals surface area contributed by atoms with Gasteiger partial charge in [-0.15, -0.1) is 0 Å². The van der Waals surface area contributed by atoms with Crippen molar-refractivity contribution in [3.05, 3.63) is 23.9 Å². The molecule has 2 rings (SSSR count). The average molecular weight is 249 g/mol.